The van der Waals surface area contributed by atoms with Crippen molar-refractivity contribution in [1.29, 1.82) is 0 Å². The molecule has 1 aliphatic carbocycles. The van der Waals surface area contributed by atoms with Crippen molar-refractivity contribution in [1.82, 2.24) is 9.88 Å². The highest BCUT2D eigenvalue weighted by Gasteiger charge is 2.68. The second-order valence-corrected chi connectivity index (χ2v) is 5.72. The summed E-state index contributed by atoms with van der Waals surface area (Å²) in [6, 6.07) is 1.84. The summed E-state index contributed by atoms with van der Waals surface area (Å²) >= 11 is 0. The lowest BCUT2D eigenvalue weighted by atomic mass is 10.0. The van der Waals surface area contributed by atoms with Gasteiger partial charge in [-0.1, -0.05) is 0 Å². The molecule has 5 nitrogen and oxygen atoms in total. The normalized spacial score (nSPS) is 27.2. The van der Waals surface area contributed by atoms with Crippen LogP contribution in [0, 0.1) is 24.2 Å². The third-order valence-corrected chi connectivity index (χ3v) is 4.69. The molecule has 2 fully saturated rings. The molecule has 1 aromatic heterocycles. The topological polar surface area (TPSA) is 73.7 Å². The molecular formula is C14H18N2O3. The number of hydrogen-bond donors (Lipinski definition) is 2. The van der Waals surface area contributed by atoms with E-state index in [1.807, 2.05) is 13.0 Å². The van der Waals surface area contributed by atoms with Crippen molar-refractivity contribution in [3.8, 4) is 0 Å². The third kappa shape index (κ3) is 1.76. The lowest BCUT2D eigenvalue weighted by molar-refractivity contribution is 0.0637. The summed E-state index contributed by atoms with van der Waals surface area (Å²) < 4.78 is 0. The van der Waals surface area contributed by atoms with E-state index < -0.39 is 0 Å². The summed E-state index contributed by atoms with van der Waals surface area (Å²) in [5.74, 6) is 0.474. The monoisotopic (exact) mass is 262 g/mol. The van der Waals surface area contributed by atoms with Crippen LogP contribution in [0.1, 0.15) is 15.9 Å². The van der Waals surface area contributed by atoms with E-state index in [0.717, 1.165) is 5.56 Å². The minimum atomic E-state index is -0.346. The fraction of sp³-hybridized carbons (Fsp3) is 0.571. The number of pyridine rings is 1. The van der Waals surface area contributed by atoms with Gasteiger partial charge in [0.25, 0.3) is 5.91 Å². The van der Waals surface area contributed by atoms with Crippen molar-refractivity contribution < 1.29 is 15.0 Å². The molecule has 1 aromatic rings. The maximum Gasteiger partial charge on any atom is 0.255 e. The van der Waals surface area contributed by atoms with Crippen LogP contribution in [-0.4, -0.2) is 52.3 Å². The quantitative estimate of drug-likeness (QED) is 0.808. The number of hydrogen-bond acceptors (Lipinski definition) is 4. The zero-order valence-corrected chi connectivity index (χ0v) is 10.9. The van der Waals surface area contributed by atoms with E-state index in [1.54, 1.807) is 17.3 Å². The molecule has 102 valence electrons. The second-order valence-electron chi connectivity index (χ2n) is 5.72. The predicted molar refractivity (Wildman–Crippen MR) is 68.5 cm³/mol. The van der Waals surface area contributed by atoms with Gasteiger partial charge in [-0.2, -0.15) is 0 Å². The SMILES string of the molecule is Cc1cncc(C(=O)N2CC3C(C2)C3(CO)CO)c1. The number of amides is 1. The molecule has 1 amide bonds. The predicted octanol–water partition coefficient (Wildman–Crippen LogP) is 0.0628. The Morgan fingerprint density at radius 3 is 2.53 bits per heavy atom. The fourth-order valence-corrected chi connectivity index (χ4v) is 3.38. The average molecular weight is 262 g/mol. The molecule has 1 aliphatic heterocycles. The van der Waals surface area contributed by atoms with Gasteiger partial charge in [-0.15, -0.1) is 0 Å². The Morgan fingerprint density at radius 2 is 2.00 bits per heavy atom. The van der Waals surface area contributed by atoms with Gasteiger partial charge in [0.15, 0.2) is 0 Å². The minimum absolute atomic E-state index is 0.00632. The molecule has 5 heteroatoms. The first-order valence-electron chi connectivity index (χ1n) is 6.55. The molecule has 19 heavy (non-hydrogen) atoms. The first kappa shape index (κ1) is 12.6. The minimum Gasteiger partial charge on any atom is -0.396 e. The summed E-state index contributed by atoms with van der Waals surface area (Å²) in [4.78, 5) is 18.2. The summed E-state index contributed by atoms with van der Waals surface area (Å²) in [7, 11) is 0. The van der Waals surface area contributed by atoms with Crippen molar-refractivity contribution in [2.75, 3.05) is 26.3 Å². The van der Waals surface area contributed by atoms with Gasteiger partial charge < -0.3 is 15.1 Å². The van der Waals surface area contributed by atoms with E-state index in [4.69, 9.17) is 0 Å². The highest BCUT2D eigenvalue weighted by atomic mass is 16.3. The number of aliphatic hydroxyl groups excluding tert-OH is 2. The van der Waals surface area contributed by atoms with E-state index in [2.05, 4.69) is 4.98 Å². The number of aryl methyl sites for hydroxylation is 1. The van der Waals surface area contributed by atoms with Gasteiger partial charge in [0.1, 0.15) is 0 Å². The van der Waals surface area contributed by atoms with Crippen LogP contribution in [0.2, 0.25) is 0 Å². The Morgan fingerprint density at radius 1 is 1.37 bits per heavy atom. The van der Waals surface area contributed by atoms with Gasteiger partial charge in [0.05, 0.1) is 18.8 Å². The molecule has 0 radical (unpaired) electrons. The van der Waals surface area contributed by atoms with Crippen LogP contribution in [0.3, 0.4) is 0 Å². The molecule has 2 atom stereocenters. The summed E-state index contributed by atoms with van der Waals surface area (Å²) in [5.41, 5.74) is 1.23. The largest absolute Gasteiger partial charge is 0.396 e. The Hall–Kier alpha value is -1.46. The number of likely N-dealkylation sites (tertiary alicyclic amines) is 1. The average Bonchev–Trinajstić information content (AvgIpc) is 2.80. The van der Waals surface area contributed by atoms with E-state index in [9.17, 15) is 15.0 Å². The van der Waals surface area contributed by atoms with Crippen molar-refractivity contribution in [2.45, 2.75) is 6.92 Å². The van der Waals surface area contributed by atoms with E-state index in [-0.39, 0.29) is 36.4 Å². The van der Waals surface area contributed by atoms with E-state index in [0.29, 0.717) is 18.7 Å². The van der Waals surface area contributed by atoms with Gasteiger partial charge >= 0.3 is 0 Å². The first-order valence-corrected chi connectivity index (χ1v) is 6.55. The zero-order chi connectivity index (χ0) is 13.6. The number of nitrogens with zero attached hydrogens (tertiary/aromatic N) is 2. The lowest BCUT2D eigenvalue weighted by Crippen LogP contribution is -2.36. The van der Waals surface area contributed by atoms with E-state index >= 15 is 0 Å². The number of aromatic nitrogens is 1. The molecule has 2 heterocycles. The van der Waals surface area contributed by atoms with Crippen molar-refractivity contribution >= 4 is 5.91 Å². The standard InChI is InChI=1S/C14H18N2O3/c1-9-2-10(4-15-3-9)13(19)16-5-11-12(6-16)14(11,7-17)8-18/h2-4,11-12,17-18H,5-8H2,1H3. The Balaban J connectivity index is 1.70. The van der Waals surface area contributed by atoms with Gasteiger partial charge in [-0.25, -0.2) is 0 Å². The van der Waals surface area contributed by atoms with Gasteiger partial charge in [-0.3, -0.25) is 9.78 Å². The van der Waals surface area contributed by atoms with Crippen LogP contribution in [0.5, 0.6) is 0 Å². The van der Waals surface area contributed by atoms with Crippen LogP contribution in [0.25, 0.3) is 0 Å². The Kier molecular flexibility index (Phi) is 2.83. The van der Waals surface area contributed by atoms with Gasteiger partial charge in [0, 0.05) is 30.9 Å². The number of fused-ring (bicyclic) bond motifs is 1. The van der Waals surface area contributed by atoms with Gasteiger partial charge in [-0.05, 0) is 30.4 Å². The zero-order valence-electron chi connectivity index (χ0n) is 10.9. The van der Waals surface area contributed by atoms with Crippen molar-refractivity contribution in [3.05, 3.63) is 29.6 Å². The Labute approximate surface area is 111 Å². The lowest BCUT2D eigenvalue weighted by Gasteiger charge is -2.24. The molecule has 0 bridgehead atoms. The Bertz CT molecular complexity index is 499. The molecule has 0 aromatic carbocycles. The van der Waals surface area contributed by atoms with E-state index in [1.165, 1.54) is 0 Å². The number of piperidine rings is 1. The number of aliphatic hydroxyl groups is 2. The van der Waals surface area contributed by atoms with Crippen LogP contribution in [0.15, 0.2) is 18.5 Å². The van der Waals surface area contributed by atoms with Crippen LogP contribution in [0.4, 0.5) is 0 Å². The molecular weight excluding hydrogens is 244 g/mol. The summed E-state index contributed by atoms with van der Waals surface area (Å²) in [6.45, 7) is 3.17. The van der Waals surface area contributed by atoms with Crippen LogP contribution >= 0.6 is 0 Å². The van der Waals surface area contributed by atoms with Gasteiger partial charge in [0.2, 0.25) is 0 Å². The van der Waals surface area contributed by atoms with Crippen molar-refractivity contribution in [2.24, 2.45) is 17.3 Å². The van der Waals surface area contributed by atoms with Crippen molar-refractivity contribution in [3.63, 3.8) is 0 Å². The number of carbonyl (C=O) groups excluding carboxylic acids is 1. The number of rotatable bonds is 3. The maximum absolute atomic E-state index is 12.3. The molecule has 2 unspecified atom stereocenters. The fourth-order valence-electron chi connectivity index (χ4n) is 3.38. The first-order chi connectivity index (χ1) is 9.12. The molecule has 2 N–H and O–H groups in total. The van der Waals surface area contributed by atoms with Crippen LogP contribution in [-0.2, 0) is 0 Å². The highest BCUT2D eigenvalue weighted by molar-refractivity contribution is 5.94. The third-order valence-electron chi connectivity index (χ3n) is 4.69. The smallest absolute Gasteiger partial charge is 0.255 e. The molecule has 1 saturated heterocycles. The molecule has 1 saturated carbocycles. The highest BCUT2D eigenvalue weighted by Crippen LogP contribution is 2.62. The number of carbonyl (C=O) groups is 1. The summed E-state index contributed by atoms with van der Waals surface area (Å²) in [6.07, 6.45) is 3.31. The summed E-state index contributed by atoms with van der Waals surface area (Å²) in [5, 5.41) is 18.7. The van der Waals surface area contributed by atoms with Crippen LogP contribution < -0.4 is 0 Å². The maximum atomic E-state index is 12.3. The molecule has 0 spiro atoms. The second kappa shape index (κ2) is 4.28. The molecule has 2 aliphatic rings. The molecule has 3 rings (SSSR count).